The summed E-state index contributed by atoms with van der Waals surface area (Å²) in [6.45, 7) is 4.00. The summed E-state index contributed by atoms with van der Waals surface area (Å²) < 4.78 is 10.5. The zero-order valence-electron chi connectivity index (χ0n) is 17.5. The highest BCUT2D eigenvalue weighted by Crippen LogP contribution is 2.44. The van der Waals surface area contributed by atoms with Crippen LogP contribution in [0.15, 0.2) is 6.07 Å². The van der Waals surface area contributed by atoms with Gasteiger partial charge in [0.25, 0.3) is 0 Å². The molecule has 5 heteroatoms. The van der Waals surface area contributed by atoms with E-state index in [0.717, 1.165) is 12.8 Å². The molecule has 0 fully saturated rings. The normalized spacial score (nSPS) is 10.7. The number of hydrogen-bond donors (Lipinski definition) is 2. The zero-order chi connectivity index (χ0) is 20.1. The largest absolute Gasteiger partial charge is 0.504 e. The van der Waals surface area contributed by atoms with Crippen molar-refractivity contribution in [1.29, 1.82) is 0 Å². The van der Waals surface area contributed by atoms with Gasteiger partial charge in [-0.15, -0.1) is 0 Å². The molecule has 154 valence electrons. The van der Waals surface area contributed by atoms with Gasteiger partial charge in [0.05, 0.1) is 19.9 Å². The Morgan fingerprint density at radius 2 is 1.44 bits per heavy atom. The molecule has 1 aromatic rings. The van der Waals surface area contributed by atoms with Gasteiger partial charge in [-0.25, -0.2) is 0 Å². The van der Waals surface area contributed by atoms with Crippen LogP contribution in [0.1, 0.15) is 83.1 Å². The van der Waals surface area contributed by atoms with E-state index in [2.05, 4.69) is 12.2 Å². The molecule has 0 saturated carbocycles. The van der Waals surface area contributed by atoms with Crippen LogP contribution < -0.4 is 14.8 Å². The quantitative estimate of drug-likeness (QED) is 0.309. The number of carbonyl (C=O) groups excluding carboxylic acids is 1. The Bertz CT molecular complexity index is 572. The number of ether oxygens (including phenoxy) is 2. The summed E-state index contributed by atoms with van der Waals surface area (Å²) in [6, 6.07) is 1.70. The van der Waals surface area contributed by atoms with Gasteiger partial charge in [0.2, 0.25) is 11.7 Å². The molecule has 0 aliphatic carbocycles. The third kappa shape index (κ3) is 8.10. The average molecular weight is 380 g/mol. The molecule has 0 heterocycles. The Kier molecular flexibility index (Phi) is 11.4. The fourth-order valence-corrected chi connectivity index (χ4v) is 3.23. The summed E-state index contributed by atoms with van der Waals surface area (Å²) in [4.78, 5) is 12.2. The van der Waals surface area contributed by atoms with Crippen molar-refractivity contribution in [1.82, 2.24) is 0 Å². The minimum absolute atomic E-state index is 0.0297. The van der Waals surface area contributed by atoms with Crippen LogP contribution in [-0.4, -0.2) is 25.2 Å². The number of phenolic OH excluding ortho intramolecular Hbond substituents is 1. The third-order valence-electron chi connectivity index (χ3n) is 4.84. The summed E-state index contributed by atoms with van der Waals surface area (Å²) in [5.74, 6) is 0.575. The Balaban J connectivity index is 2.32. The second kappa shape index (κ2) is 13.3. The summed E-state index contributed by atoms with van der Waals surface area (Å²) in [6.07, 6.45) is 12.9. The highest BCUT2D eigenvalue weighted by molar-refractivity contribution is 5.93. The second-order valence-corrected chi connectivity index (χ2v) is 7.14. The number of unbranched alkanes of at least 4 members (excludes halogenated alkanes) is 9. The first-order valence-corrected chi connectivity index (χ1v) is 10.3. The fraction of sp³-hybridized carbons (Fsp3) is 0.682. The molecule has 0 aliphatic rings. The second-order valence-electron chi connectivity index (χ2n) is 7.14. The zero-order valence-corrected chi connectivity index (χ0v) is 17.5. The topological polar surface area (TPSA) is 67.8 Å². The van der Waals surface area contributed by atoms with Crippen LogP contribution in [-0.2, 0) is 4.79 Å². The van der Waals surface area contributed by atoms with Gasteiger partial charge in [0, 0.05) is 6.42 Å². The minimum atomic E-state index is -0.0417. The first kappa shape index (κ1) is 23.1. The molecule has 1 amide bonds. The van der Waals surface area contributed by atoms with Crippen molar-refractivity contribution in [3.63, 3.8) is 0 Å². The molecule has 27 heavy (non-hydrogen) atoms. The first-order chi connectivity index (χ1) is 13.0. The molecule has 0 aliphatic heterocycles. The summed E-state index contributed by atoms with van der Waals surface area (Å²) in [5, 5.41) is 12.9. The number of rotatable bonds is 14. The van der Waals surface area contributed by atoms with E-state index >= 15 is 0 Å². The molecule has 0 spiro atoms. The highest BCUT2D eigenvalue weighted by atomic mass is 16.5. The lowest BCUT2D eigenvalue weighted by Gasteiger charge is -2.16. The van der Waals surface area contributed by atoms with Crippen molar-refractivity contribution >= 4 is 11.6 Å². The van der Waals surface area contributed by atoms with Crippen LogP contribution in [0.25, 0.3) is 0 Å². The van der Waals surface area contributed by atoms with Crippen molar-refractivity contribution in [2.75, 3.05) is 19.5 Å². The maximum Gasteiger partial charge on any atom is 0.224 e. The van der Waals surface area contributed by atoms with E-state index in [-0.39, 0.29) is 17.4 Å². The lowest BCUT2D eigenvalue weighted by Crippen LogP contribution is -2.12. The number of aromatic hydroxyl groups is 1. The van der Waals surface area contributed by atoms with Gasteiger partial charge in [0.15, 0.2) is 11.5 Å². The van der Waals surface area contributed by atoms with Gasteiger partial charge in [-0.3, -0.25) is 4.79 Å². The Morgan fingerprint density at radius 1 is 0.926 bits per heavy atom. The molecular formula is C22H37NO4. The van der Waals surface area contributed by atoms with Crippen molar-refractivity contribution in [2.24, 2.45) is 0 Å². The fourth-order valence-electron chi connectivity index (χ4n) is 3.23. The predicted octanol–water partition coefficient (Wildman–Crippen LogP) is 5.97. The molecule has 0 atom stereocenters. The Labute approximate surface area is 164 Å². The van der Waals surface area contributed by atoms with Gasteiger partial charge in [-0.2, -0.15) is 0 Å². The number of aryl methyl sites for hydroxylation is 1. The van der Waals surface area contributed by atoms with E-state index in [0.29, 0.717) is 23.4 Å². The number of hydrogen-bond acceptors (Lipinski definition) is 4. The van der Waals surface area contributed by atoms with E-state index in [1.807, 2.05) is 0 Å². The first-order valence-electron chi connectivity index (χ1n) is 10.3. The molecule has 0 saturated heterocycles. The number of amides is 1. The molecule has 1 rings (SSSR count). The monoisotopic (exact) mass is 379 g/mol. The van der Waals surface area contributed by atoms with E-state index in [4.69, 9.17) is 9.47 Å². The Hall–Kier alpha value is -1.91. The van der Waals surface area contributed by atoms with E-state index < -0.39 is 0 Å². The molecule has 0 bridgehead atoms. The number of nitrogens with one attached hydrogen (secondary N) is 1. The van der Waals surface area contributed by atoms with Crippen LogP contribution >= 0.6 is 0 Å². The molecule has 0 unspecified atom stereocenters. The van der Waals surface area contributed by atoms with Crippen LogP contribution in [0.2, 0.25) is 0 Å². The van der Waals surface area contributed by atoms with E-state index in [9.17, 15) is 9.90 Å². The van der Waals surface area contributed by atoms with E-state index in [1.165, 1.54) is 65.6 Å². The number of carbonyl (C=O) groups is 1. The molecular weight excluding hydrogens is 342 g/mol. The lowest BCUT2D eigenvalue weighted by atomic mass is 10.1. The van der Waals surface area contributed by atoms with Gasteiger partial charge in [-0.05, 0) is 25.0 Å². The molecule has 0 radical (unpaired) electrons. The van der Waals surface area contributed by atoms with Gasteiger partial charge >= 0.3 is 0 Å². The molecule has 2 N–H and O–H groups in total. The highest BCUT2D eigenvalue weighted by Gasteiger charge is 2.18. The summed E-state index contributed by atoms with van der Waals surface area (Å²) in [5.41, 5.74) is 1.16. The maximum atomic E-state index is 12.2. The summed E-state index contributed by atoms with van der Waals surface area (Å²) >= 11 is 0. The number of phenols is 1. The van der Waals surface area contributed by atoms with E-state index in [1.54, 1.807) is 13.0 Å². The third-order valence-corrected chi connectivity index (χ3v) is 4.84. The number of benzene rings is 1. The van der Waals surface area contributed by atoms with Crippen LogP contribution in [0, 0.1) is 6.92 Å². The average Bonchev–Trinajstić information content (AvgIpc) is 2.65. The van der Waals surface area contributed by atoms with Crippen LogP contribution in [0.5, 0.6) is 17.2 Å². The van der Waals surface area contributed by atoms with Crippen molar-refractivity contribution < 1.29 is 19.4 Å². The lowest BCUT2D eigenvalue weighted by molar-refractivity contribution is -0.116. The van der Waals surface area contributed by atoms with Crippen molar-refractivity contribution in [2.45, 2.75) is 84.5 Å². The van der Waals surface area contributed by atoms with Crippen molar-refractivity contribution in [3.8, 4) is 17.2 Å². The summed E-state index contributed by atoms with van der Waals surface area (Å²) in [7, 11) is 2.96. The SMILES string of the molecule is CCCCCCCCCCCCC(=O)Nc1cc(C)c(O)c(OC)c1OC. The maximum absolute atomic E-state index is 12.2. The van der Waals surface area contributed by atoms with Gasteiger partial charge in [-0.1, -0.05) is 64.7 Å². The molecule has 1 aromatic carbocycles. The van der Waals surface area contributed by atoms with Crippen molar-refractivity contribution in [3.05, 3.63) is 11.6 Å². The molecule has 0 aromatic heterocycles. The standard InChI is InChI=1S/C22H37NO4/c1-5-6-7-8-9-10-11-12-13-14-15-19(24)23-18-16-17(2)20(25)22(27-4)21(18)26-3/h16,25H,5-15H2,1-4H3,(H,23,24). The Morgan fingerprint density at radius 3 is 1.96 bits per heavy atom. The number of anilines is 1. The predicted molar refractivity (Wildman–Crippen MR) is 111 cm³/mol. The minimum Gasteiger partial charge on any atom is -0.504 e. The van der Waals surface area contributed by atoms with Gasteiger partial charge < -0.3 is 19.9 Å². The van der Waals surface area contributed by atoms with Gasteiger partial charge in [0.1, 0.15) is 0 Å². The van der Waals surface area contributed by atoms with Crippen LogP contribution in [0.4, 0.5) is 5.69 Å². The van der Waals surface area contributed by atoms with Crippen LogP contribution in [0.3, 0.4) is 0 Å². The molecule has 5 nitrogen and oxygen atoms in total. The smallest absolute Gasteiger partial charge is 0.224 e. The number of methoxy groups -OCH3 is 2.